The first-order valence-corrected chi connectivity index (χ1v) is 7.13. The number of nitrogens with one attached hydrogen (secondary N) is 1. The number of nitrogens with zero attached hydrogens (tertiary/aromatic N) is 1. The maximum absolute atomic E-state index is 11.3. The van der Waals surface area contributed by atoms with Crippen molar-refractivity contribution in [3.05, 3.63) is 0 Å². The smallest absolute Gasteiger partial charge is 0.323 e. The van der Waals surface area contributed by atoms with E-state index in [1.165, 1.54) is 19.3 Å². The van der Waals surface area contributed by atoms with Crippen LogP contribution in [0.5, 0.6) is 0 Å². The number of hydrogen-bond donors (Lipinski definition) is 2. The van der Waals surface area contributed by atoms with Crippen LogP contribution in [0.15, 0.2) is 0 Å². The molecule has 1 unspecified atom stereocenters. The van der Waals surface area contributed by atoms with Gasteiger partial charge in [-0.25, -0.2) is 0 Å². The Morgan fingerprint density at radius 2 is 1.89 bits per heavy atom. The summed E-state index contributed by atoms with van der Waals surface area (Å²) in [6.07, 6.45) is 5.26. The van der Waals surface area contributed by atoms with Crippen molar-refractivity contribution in [3.63, 3.8) is 0 Å². The SMILES string of the molecule is CCCCCN(C)CCC(C)(NCCC)C(=O)O. The van der Waals surface area contributed by atoms with Gasteiger partial charge in [0, 0.05) is 6.54 Å². The zero-order chi connectivity index (χ0) is 14.0. The molecule has 4 nitrogen and oxygen atoms in total. The molecular weight excluding hydrogens is 228 g/mol. The molecule has 0 aromatic carbocycles. The summed E-state index contributed by atoms with van der Waals surface area (Å²) in [5, 5.41) is 12.4. The Balaban J connectivity index is 4.06. The molecule has 0 aliphatic rings. The standard InChI is InChI=1S/C14H30N2O2/c1-5-7-8-11-16(4)12-9-14(3,13(17)18)15-10-6-2/h15H,5-12H2,1-4H3,(H,17,18). The predicted molar refractivity (Wildman–Crippen MR) is 76.0 cm³/mol. The van der Waals surface area contributed by atoms with E-state index in [2.05, 4.69) is 24.2 Å². The lowest BCUT2D eigenvalue weighted by Gasteiger charge is -2.28. The Kier molecular flexibility index (Phi) is 9.02. The van der Waals surface area contributed by atoms with Gasteiger partial charge in [-0.05, 0) is 46.3 Å². The lowest BCUT2D eigenvalue weighted by Crippen LogP contribution is -2.51. The highest BCUT2D eigenvalue weighted by atomic mass is 16.4. The number of carboxylic acid groups (broad SMARTS) is 1. The summed E-state index contributed by atoms with van der Waals surface area (Å²) in [5.41, 5.74) is -0.797. The summed E-state index contributed by atoms with van der Waals surface area (Å²) in [6, 6.07) is 0. The number of carboxylic acids is 1. The fourth-order valence-electron chi connectivity index (χ4n) is 1.83. The van der Waals surface area contributed by atoms with Gasteiger partial charge < -0.3 is 15.3 Å². The Labute approximate surface area is 112 Å². The van der Waals surface area contributed by atoms with Crippen molar-refractivity contribution in [2.75, 3.05) is 26.7 Å². The van der Waals surface area contributed by atoms with E-state index in [0.29, 0.717) is 6.42 Å². The molecule has 18 heavy (non-hydrogen) atoms. The normalized spacial score (nSPS) is 14.7. The quantitative estimate of drug-likeness (QED) is 0.559. The largest absolute Gasteiger partial charge is 0.480 e. The van der Waals surface area contributed by atoms with Crippen molar-refractivity contribution >= 4 is 5.97 Å². The molecule has 0 heterocycles. The van der Waals surface area contributed by atoms with Crippen LogP contribution in [0, 0.1) is 0 Å². The molecule has 0 aromatic rings. The van der Waals surface area contributed by atoms with Crippen LogP contribution < -0.4 is 5.32 Å². The van der Waals surface area contributed by atoms with Crippen LogP contribution in [0.3, 0.4) is 0 Å². The Morgan fingerprint density at radius 1 is 1.22 bits per heavy atom. The van der Waals surface area contributed by atoms with Gasteiger partial charge in [0.15, 0.2) is 0 Å². The van der Waals surface area contributed by atoms with Crippen molar-refractivity contribution < 1.29 is 9.90 Å². The fraction of sp³-hybridized carbons (Fsp3) is 0.929. The molecule has 0 rings (SSSR count). The Hall–Kier alpha value is -0.610. The minimum Gasteiger partial charge on any atom is -0.480 e. The highest BCUT2D eigenvalue weighted by molar-refractivity contribution is 5.78. The van der Waals surface area contributed by atoms with Gasteiger partial charge in [-0.15, -0.1) is 0 Å². The molecule has 0 spiro atoms. The van der Waals surface area contributed by atoms with Crippen LogP contribution in [-0.4, -0.2) is 48.2 Å². The van der Waals surface area contributed by atoms with E-state index in [0.717, 1.165) is 26.1 Å². The number of unbranched alkanes of at least 4 members (excludes halogenated alkanes) is 2. The van der Waals surface area contributed by atoms with Gasteiger partial charge in [0.25, 0.3) is 0 Å². The molecule has 0 saturated heterocycles. The van der Waals surface area contributed by atoms with E-state index in [9.17, 15) is 9.90 Å². The number of aliphatic carboxylic acids is 1. The van der Waals surface area contributed by atoms with Crippen LogP contribution in [0.25, 0.3) is 0 Å². The lowest BCUT2D eigenvalue weighted by atomic mass is 9.97. The third-order valence-electron chi connectivity index (χ3n) is 3.37. The van der Waals surface area contributed by atoms with Crippen LogP contribution >= 0.6 is 0 Å². The molecule has 0 fully saturated rings. The highest BCUT2D eigenvalue weighted by Gasteiger charge is 2.31. The van der Waals surface area contributed by atoms with E-state index < -0.39 is 11.5 Å². The second-order valence-electron chi connectivity index (χ2n) is 5.32. The molecule has 0 bridgehead atoms. The zero-order valence-electron chi connectivity index (χ0n) is 12.5. The van der Waals surface area contributed by atoms with Gasteiger partial charge in [-0.1, -0.05) is 26.7 Å². The average Bonchev–Trinajstić information content (AvgIpc) is 2.34. The van der Waals surface area contributed by atoms with Crippen LogP contribution in [0.4, 0.5) is 0 Å². The van der Waals surface area contributed by atoms with Crippen molar-refractivity contribution in [2.45, 2.75) is 58.4 Å². The van der Waals surface area contributed by atoms with Gasteiger partial charge in [0.2, 0.25) is 0 Å². The Bertz CT molecular complexity index is 234. The molecule has 1 atom stereocenters. The summed E-state index contributed by atoms with van der Waals surface area (Å²) in [4.78, 5) is 13.5. The van der Waals surface area contributed by atoms with Crippen molar-refractivity contribution in [3.8, 4) is 0 Å². The first-order valence-electron chi connectivity index (χ1n) is 7.13. The number of rotatable bonds is 11. The molecule has 108 valence electrons. The van der Waals surface area contributed by atoms with Gasteiger partial charge in [0.05, 0.1) is 0 Å². The topological polar surface area (TPSA) is 52.6 Å². The maximum Gasteiger partial charge on any atom is 0.323 e. The van der Waals surface area contributed by atoms with Crippen molar-refractivity contribution in [2.24, 2.45) is 0 Å². The van der Waals surface area contributed by atoms with Gasteiger partial charge in [0.1, 0.15) is 5.54 Å². The molecule has 0 radical (unpaired) electrons. The first kappa shape index (κ1) is 17.4. The predicted octanol–water partition coefficient (Wildman–Crippen LogP) is 2.34. The molecular formula is C14H30N2O2. The van der Waals surface area contributed by atoms with Crippen LogP contribution in [-0.2, 0) is 4.79 Å². The summed E-state index contributed by atoms with van der Waals surface area (Å²) in [6.45, 7) is 8.65. The minimum absolute atomic E-state index is 0.644. The monoisotopic (exact) mass is 258 g/mol. The van der Waals surface area contributed by atoms with Crippen molar-refractivity contribution in [1.82, 2.24) is 10.2 Å². The van der Waals surface area contributed by atoms with Crippen LogP contribution in [0.2, 0.25) is 0 Å². The van der Waals surface area contributed by atoms with E-state index >= 15 is 0 Å². The second-order valence-corrected chi connectivity index (χ2v) is 5.32. The molecule has 2 N–H and O–H groups in total. The number of carbonyl (C=O) groups is 1. The Morgan fingerprint density at radius 3 is 2.39 bits per heavy atom. The summed E-state index contributed by atoms with van der Waals surface area (Å²) in [5.74, 6) is -0.752. The molecule has 0 aromatic heterocycles. The fourth-order valence-corrected chi connectivity index (χ4v) is 1.83. The third-order valence-corrected chi connectivity index (χ3v) is 3.37. The lowest BCUT2D eigenvalue weighted by molar-refractivity contribution is -0.144. The second kappa shape index (κ2) is 9.34. The van der Waals surface area contributed by atoms with E-state index in [-0.39, 0.29) is 0 Å². The first-order chi connectivity index (χ1) is 8.46. The minimum atomic E-state index is -0.797. The summed E-state index contributed by atoms with van der Waals surface area (Å²) < 4.78 is 0. The number of hydrogen-bond acceptors (Lipinski definition) is 3. The van der Waals surface area contributed by atoms with Crippen LogP contribution in [0.1, 0.15) is 52.9 Å². The summed E-state index contributed by atoms with van der Waals surface area (Å²) in [7, 11) is 2.07. The van der Waals surface area contributed by atoms with E-state index in [1.807, 2.05) is 6.92 Å². The van der Waals surface area contributed by atoms with Gasteiger partial charge in [-0.3, -0.25) is 4.79 Å². The molecule has 0 aliphatic heterocycles. The van der Waals surface area contributed by atoms with Gasteiger partial charge >= 0.3 is 5.97 Å². The third kappa shape index (κ3) is 6.97. The molecule has 0 saturated carbocycles. The average molecular weight is 258 g/mol. The molecule has 0 aliphatic carbocycles. The van der Waals surface area contributed by atoms with Gasteiger partial charge in [-0.2, -0.15) is 0 Å². The highest BCUT2D eigenvalue weighted by Crippen LogP contribution is 2.11. The molecule has 4 heteroatoms. The van der Waals surface area contributed by atoms with Crippen molar-refractivity contribution in [1.29, 1.82) is 0 Å². The van der Waals surface area contributed by atoms with E-state index in [1.54, 1.807) is 6.92 Å². The maximum atomic E-state index is 11.3. The van der Waals surface area contributed by atoms with E-state index in [4.69, 9.17) is 0 Å². The zero-order valence-corrected chi connectivity index (χ0v) is 12.5. The molecule has 0 amide bonds. The summed E-state index contributed by atoms with van der Waals surface area (Å²) >= 11 is 0.